The summed E-state index contributed by atoms with van der Waals surface area (Å²) in [7, 11) is 1.90. The first-order valence-corrected chi connectivity index (χ1v) is 5.87. The Labute approximate surface area is 97.9 Å². The third-order valence-corrected chi connectivity index (χ3v) is 3.28. The standard InChI is InChI=1S/C15H19N/c1-10(2)13-8-7-12-6-5-11(3)9-14(12)15(13)16-4/h5-6,9H,7-8H2,1-4H3. The fraction of sp³-hybridized carbons (Fsp3) is 0.400. The number of aryl methyl sites for hydroxylation is 2. The summed E-state index contributed by atoms with van der Waals surface area (Å²) < 4.78 is 0. The number of fused-ring (bicyclic) bond motifs is 1. The van der Waals surface area contributed by atoms with Crippen molar-refractivity contribution in [1.82, 2.24) is 0 Å². The van der Waals surface area contributed by atoms with E-state index in [0.29, 0.717) is 0 Å². The molecule has 0 aliphatic heterocycles. The molecular weight excluding hydrogens is 194 g/mol. The molecule has 1 aromatic rings. The fourth-order valence-corrected chi connectivity index (χ4v) is 2.41. The van der Waals surface area contributed by atoms with Crippen molar-refractivity contribution >= 4 is 5.71 Å². The zero-order valence-corrected chi connectivity index (χ0v) is 10.6. The summed E-state index contributed by atoms with van der Waals surface area (Å²) in [5.74, 6) is 0. The first-order valence-electron chi connectivity index (χ1n) is 5.87. The van der Waals surface area contributed by atoms with E-state index in [-0.39, 0.29) is 0 Å². The Morgan fingerprint density at radius 1 is 1.19 bits per heavy atom. The third kappa shape index (κ3) is 1.82. The van der Waals surface area contributed by atoms with Crippen LogP contribution in [0.5, 0.6) is 0 Å². The van der Waals surface area contributed by atoms with Gasteiger partial charge in [0.2, 0.25) is 0 Å². The first kappa shape index (κ1) is 11.1. The van der Waals surface area contributed by atoms with E-state index in [1.165, 1.54) is 33.5 Å². The average molecular weight is 213 g/mol. The SMILES string of the molecule is CN=C1C(=C(C)C)CCc2ccc(C)cc21. The third-order valence-electron chi connectivity index (χ3n) is 3.28. The number of nitrogens with zero attached hydrogens (tertiary/aromatic N) is 1. The molecule has 0 radical (unpaired) electrons. The molecule has 0 amide bonds. The number of hydrogen-bond acceptors (Lipinski definition) is 1. The Balaban J connectivity index is 2.62. The van der Waals surface area contributed by atoms with Gasteiger partial charge in [-0.2, -0.15) is 0 Å². The number of allylic oxidation sites excluding steroid dienone is 2. The van der Waals surface area contributed by atoms with Crippen molar-refractivity contribution in [3.63, 3.8) is 0 Å². The molecule has 0 N–H and O–H groups in total. The minimum absolute atomic E-state index is 1.13. The summed E-state index contributed by atoms with van der Waals surface area (Å²) in [4.78, 5) is 4.49. The van der Waals surface area contributed by atoms with Crippen molar-refractivity contribution in [1.29, 1.82) is 0 Å². The lowest BCUT2D eigenvalue weighted by molar-refractivity contribution is 0.932. The van der Waals surface area contributed by atoms with Crippen LogP contribution < -0.4 is 0 Å². The van der Waals surface area contributed by atoms with Crippen LogP contribution in [0.3, 0.4) is 0 Å². The maximum atomic E-state index is 4.49. The van der Waals surface area contributed by atoms with Crippen LogP contribution >= 0.6 is 0 Å². The van der Waals surface area contributed by atoms with Gasteiger partial charge in [-0.05, 0) is 50.8 Å². The summed E-state index contributed by atoms with van der Waals surface area (Å²) in [6.07, 6.45) is 2.28. The Morgan fingerprint density at radius 2 is 1.94 bits per heavy atom. The second kappa shape index (κ2) is 4.25. The number of benzene rings is 1. The van der Waals surface area contributed by atoms with Gasteiger partial charge in [-0.1, -0.05) is 23.3 Å². The quantitative estimate of drug-likeness (QED) is 0.623. The lowest BCUT2D eigenvalue weighted by Crippen LogP contribution is -2.16. The van der Waals surface area contributed by atoms with Crippen molar-refractivity contribution in [2.45, 2.75) is 33.6 Å². The Bertz CT molecular complexity index is 474. The van der Waals surface area contributed by atoms with Gasteiger partial charge in [0.15, 0.2) is 0 Å². The molecule has 0 spiro atoms. The molecule has 16 heavy (non-hydrogen) atoms. The van der Waals surface area contributed by atoms with Gasteiger partial charge in [-0.15, -0.1) is 0 Å². The van der Waals surface area contributed by atoms with E-state index in [9.17, 15) is 0 Å². The molecule has 2 rings (SSSR count). The summed E-state index contributed by atoms with van der Waals surface area (Å²) in [5, 5.41) is 0. The molecule has 0 atom stereocenters. The molecule has 1 heteroatoms. The monoisotopic (exact) mass is 213 g/mol. The number of hydrogen-bond donors (Lipinski definition) is 0. The summed E-state index contributed by atoms with van der Waals surface area (Å²) in [5.41, 5.74) is 8.12. The molecule has 0 saturated heterocycles. The van der Waals surface area contributed by atoms with Crippen LogP contribution in [-0.4, -0.2) is 12.8 Å². The van der Waals surface area contributed by atoms with E-state index >= 15 is 0 Å². The smallest absolute Gasteiger partial charge is 0.0677 e. The maximum absolute atomic E-state index is 4.49. The molecule has 0 bridgehead atoms. The van der Waals surface area contributed by atoms with Gasteiger partial charge in [-0.3, -0.25) is 4.99 Å². The van der Waals surface area contributed by atoms with Gasteiger partial charge in [0, 0.05) is 12.6 Å². The second-order valence-corrected chi connectivity index (χ2v) is 4.71. The fourth-order valence-electron chi connectivity index (χ4n) is 2.41. The number of rotatable bonds is 0. The highest BCUT2D eigenvalue weighted by Gasteiger charge is 2.20. The van der Waals surface area contributed by atoms with Crippen LogP contribution in [0.1, 0.15) is 37.0 Å². The zero-order valence-electron chi connectivity index (χ0n) is 10.6. The molecule has 0 aromatic heterocycles. The predicted molar refractivity (Wildman–Crippen MR) is 70.3 cm³/mol. The van der Waals surface area contributed by atoms with Gasteiger partial charge in [0.05, 0.1) is 5.71 Å². The molecule has 1 nitrogen and oxygen atoms in total. The predicted octanol–water partition coefficient (Wildman–Crippen LogP) is 3.70. The highest BCUT2D eigenvalue weighted by atomic mass is 14.7. The van der Waals surface area contributed by atoms with Crippen molar-refractivity contribution in [3.8, 4) is 0 Å². The van der Waals surface area contributed by atoms with Crippen LogP contribution in [-0.2, 0) is 6.42 Å². The topological polar surface area (TPSA) is 12.4 Å². The van der Waals surface area contributed by atoms with Gasteiger partial charge < -0.3 is 0 Å². The Kier molecular flexibility index (Phi) is 2.95. The van der Waals surface area contributed by atoms with E-state index in [1.54, 1.807) is 0 Å². The largest absolute Gasteiger partial charge is 0.288 e. The average Bonchev–Trinajstić information content (AvgIpc) is 2.27. The van der Waals surface area contributed by atoms with E-state index in [1.807, 2.05) is 7.05 Å². The first-order chi connectivity index (χ1) is 7.63. The molecule has 84 valence electrons. The van der Waals surface area contributed by atoms with Gasteiger partial charge >= 0.3 is 0 Å². The van der Waals surface area contributed by atoms with E-state index in [0.717, 1.165) is 12.8 Å². The normalized spacial score (nSPS) is 17.5. The van der Waals surface area contributed by atoms with Crippen LogP contribution in [0.25, 0.3) is 0 Å². The lowest BCUT2D eigenvalue weighted by atomic mass is 9.83. The molecule has 0 unspecified atom stereocenters. The lowest BCUT2D eigenvalue weighted by Gasteiger charge is -2.22. The summed E-state index contributed by atoms with van der Waals surface area (Å²) in [6, 6.07) is 6.71. The second-order valence-electron chi connectivity index (χ2n) is 4.71. The van der Waals surface area contributed by atoms with Crippen LogP contribution in [0.2, 0.25) is 0 Å². The van der Waals surface area contributed by atoms with Gasteiger partial charge in [-0.25, -0.2) is 0 Å². The molecule has 1 aliphatic carbocycles. The molecular formula is C15H19N. The highest BCUT2D eigenvalue weighted by Crippen LogP contribution is 2.28. The van der Waals surface area contributed by atoms with Crippen molar-refractivity contribution in [2.24, 2.45) is 4.99 Å². The molecule has 0 saturated carbocycles. The molecule has 0 fully saturated rings. The summed E-state index contributed by atoms with van der Waals surface area (Å²) >= 11 is 0. The van der Waals surface area contributed by atoms with Gasteiger partial charge in [0.25, 0.3) is 0 Å². The van der Waals surface area contributed by atoms with Gasteiger partial charge in [0.1, 0.15) is 0 Å². The summed E-state index contributed by atoms with van der Waals surface area (Å²) in [6.45, 7) is 6.51. The van der Waals surface area contributed by atoms with Crippen molar-refractivity contribution in [2.75, 3.05) is 7.05 Å². The maximum Gasteiger partial charge on any atom is 0.0677 e. The Hall–Kier alpha value is -1.37. The van der Waals surface area contributed by atoms with Crippen LogP contribution in [0.15, 0.2) is 34.3 Å². The van der Waals surface area contributed by atoms with E-state index in [4.69, 9.17) is 0 Å². The minimum atomic E-state index is 1.13. The molecule has 1 aromatic carbocycles. The zero-order chi connectivity index (χ0) is 11.7. The number of aliphatic imine (C=N–C) groups is 1. The van der Waals surface area contributed by atoms with E-state index < -0.39 is 0 Å². The minimum Gasteiger partial charge on any atom is -0.288 e. The molecule has 1 aliphatic rings. The Morgan fingerprint density at radius 3 is 2.56 bits per heavy atom. The molecule has 0 heterocycles. The van der Waals surface area contributed by atoms with Crippen LogP contribution in [0, 0.1) is 6.92 Å². The van der Waals surface area contributed by atoms with E-state index in [2.05, 4.69) is 44.0 Å². The van der Waals surface area contributed by atoms with Crippen molar-refractivity contribution in [3.05, 3.63) is 46.0 Å². The van der Waals surface area contributed by atoms with Crippen LogP contribution in [0.4, 0.5) is 0 Å². The van der Waals surface area contributed by atoms with Crippen molar-refractivity contribution < 1.29 is 0 Å². The highest BCUT2D eigenvalue weighted by molar-refractivity contribution is 6.14.